The summed E-state index contributed by atoms with van der Waals surface area (Å²) in [6.45, 7) is -6.61. The van der Waals surface area contributed by atoms with Gasteiger partial charge >= 0.3 is 6.18 Å². The Labute approximate surface area is 82.5 Å². The van der Waals surface area contributed by atoms with E-state index in [-0.39, 0.29) is 13.1 Å². The Kier molecular flexibility index (Phi) is 1.64. The van der Waals surface area contributed by atoms with Gasteiger partial charge in [-0.05, 0) is 32.8 Å². The zero-order valence-electron chi connectivity index (χ0n) is 11.9. The zero-order valence-corrected chi connectivity index (χ0v) is 6.87. The van der Waals surface area contributed by atoms with Crippen LogP contribution in [0.15, 0.2) is 0 Å². The summed E-state index contributed by atoms with van der Waals surface area (Å²) in [6, 6.07) is 0. The molecule has 0 radical (unpaired) electrons. The molecule has 0 aromatic heterocycles. The van der Waals surface area contributed by atoms with E-state index in [0.717, 1.165) is 0 Å². The molecular weight excluding hydrogens is 183 g/mol. The van der Waals surface area contributed by atoms with Gasteiger partial charge in [0.25, 0.3) is 0 Å². The summed E-state index contributed by atoms with van der Waals surface area (Å²) in [5.74, 6) is 0. The lowest BCUT2D eigenvalue weighted by Crippen LogP contribution is -2.54. The molecule has 0 atom stereocenters. The van der Waals surface area contributed by atoms with Crippen molar-refractivity contribution in [2.75, 3.05) is 19.6 Å². The summed E-state index contributed by atoms with van der Waals surface area (Å²) in [7, 11) is 0. The van der Waals surface area contributed by atoms with E-state index in [1.54, 1.807) is 0 Å². The molecule has 1 N–H and O–H groups in total. The van der Waals surface area contributed by atoms with Crippen LogP contribution >= 0.6 is 0 Å². The predicted molar refractivity (Wildman–Crippen MR) is 42.5 cm³/mol. The Hall–Kier alpha value is -0.290. The molecule has 0 unspecified atom stereocenters. The van der Waals surface area contributed by atoms with Crippen molar-refractivity contribution in [1.82, 2.24) is 5.32 Å². The lowest BCUT2D eigenvalue weighted by molar-refractivity contribution is -0.284. The first-order chi connectivity index (χ1) is 7.91. The van der Waals surface area contributed by atoms with Crippen molar-refractivity contribution in [3.63, 3.8) is 0 Å². The first-order valence-corrected chi connectivity index (χ1v) is 3.89. The molecule has 0 saturated carbocycles. The largest absolute Gasteiger partial charge is 0.417 e. The van der Waals surface area contributed by atoms with Crippen molar-refractivity contribution in [2.45, 2.75) is 31.5 Å². The summed E-state index contributed by atoms with van der Waals surface area (Å²) in [4.78, 5) is 0. The van der Waals surface area contributed by atoms with E-state index >= 15 is 0 Å². The maximum Gasteiger partial charge on any atom is 0.417 e. The van der Waals surface area contributed by atoms with Gasteiger partial charge in [-0.15, -0.1) is 0 Å². The van der Waals surface area contributed by atoms with Crippen molar-refractivity contribution in [2.24, 2.45) is 0 Å². The van der Waals surface area contributed by atoms with Gasteiger partial charge in [0.05, 0.1) is 2.74 Å². The Bertz CT molecular complexity index is 298. The monoisotopic (exact) mass is 202 g/mol. The SMILES string of the molecule is [2H]C([2H])([2H])C([2H])([2H])OC1(C(F)(F)F)CCNCC1. The first-order valence-electron chi connectivity index (χ1n) is 6.39. The van der Waals surface area contributed by atoms with E-state index in [4.69, 9.17) is 6.85 Å². The fraction of sp³-hybridized carbons (Fsp3) is 1.00. The van der Waals surface area contributed by atoms with Gasteiger partial charge in [-0.25, -0.2) is 0 Å². The van der Waals surface area contributed by atoms with Crippen LogP contribution in [0.4, 0.5) is 13.2 Å². The molecule has 0 aromatic carbocycles. The van der Waals surface area contributed by atoms with Crippen LogP contribution in [0.2, 0.25) is 0 Å². The van der Waals surface area contributed by atoms with Gasteiger partial charge in [-0.3, -0.25) is 0 Å². The summed E-state index contributed by atoms with van der Waals surface area (Å²) >= 11 is 0. The van der Waals surface area contributed by atoms with E-state index in [1.165, 1.54) is 0 Å². The fourth-order valence-corrected chi connectivity index (χ4v) is 1.37. The van der Waals surface area contributed by atoms with Crippen LogP contribution in [0.5, 0.6) is 0 Å². The van der Waals surface area contributed by atoms with E-state index in [9.17, 15) is 13.2 Å². The molecule has 2 nitrogen and oxygen atoms in total. The van der Waals surface area contributed by atoms with Gasteiger partial charge in [0, 0.05) is 10.7 Å². The van der Waals surface area contributed by atoms with E-state index in [1.807, 2.05) is 0 Å². The fourth-order valence-electron chi connectivity index (χ4n) is 1.37. The first kappa shape index (κ1) is 5.56. The summed E-state index contributed by atoms with van der Waals surface area (Å²) < 4.78 is 78.5. The van der Waals surface area contributed by atoms with Gasteiger partial charge < -0.3 is 10.1 Å². The van der Waals surface area contributed by atoms with Crippen LogP contribution in [0.25, 0.3) is 0 Å². The Morgan fingerprint density at radius 1 is 1.54 bits per heavy atom. The highest BCUT2D eigenvalue weighted by Crippen LogP contribution is 2.39. The average Bonchev–Trinajstić information content (AvgIpc) is 2.14. The van der Waals surface area contributed by atoms with Crippen molar-refractivity contribution >= 4 is 0 Å². The Morgan fingerprint density at radius 2 is 2.15 bits per heavy atom. The molecule has 1 rings (SSSR count). The topological polar surface area (TPSA) is 21.3 Å². The molecule has 1 fully saturated rings. The molecule has 1 aliphatic heterocycles. The van der Waals surface area contributed by atoms with Crippen LogP contribution in [0.1, 0.15) is 26.5 Å². The number of ether oxygens (including phenoxy) is 1. The molecule has 0 aromatic rings. The molecule has 1 heterocycles. The van der Waals surface area contributed by atoms with Crippen LogP contribution < -0.4 is 5.32 Å². The second-order valence-corrected chi connectivity index (χ2v) is 2.95. The van der Waals surface area contributed by atoms with E-state index in [2.05, 4.69) is 10.1 Å². The van der Waals surface area contributed by atoms with E-state index in [0.29, 0.717) is 0 Å². The van der Waals surface area contributed by atoms with Crippen molar-refractivity contribution in [3.8, 4) is 0 Å². The minimum Gasteiger partial charge on any atom is -0.366 e. The number of nitrogens with one attached hydrogen (secondary N) is 1. The van der Waals surface area contributed by atoms with Crippen LogP contribution in [-0.4, -0.2) is 31.4 Å². The molecule has 0 amide bonds. The second kappa shape index (κ2) is 3.84. The number of rotatable bonds is 2. The number of hydrogen-bond donors (Lipinski definition) is 1. The highest BCUT2D eigenvalue weighted by molar-refractivity contribution is 4.92. The molecule has 0 bridgehead atoms. The average molecular weight is 202 g/mol. The third kappa shape index (κ3) is 2.14. The number of alkyl halides is 3. The van der Waals surface area contributed by atoms with Gasteiger partial charge in [0.1, 0.15) is 0 Å². The number of halogens is 3. The molecule has 13 heavy (non-hydrogen) atoms. The molecule has 0 aliphatic carbocycles. The smallest absolute Gasteiger partial charge is 0.366 e. The van der Waals surface area contributed by atoms with Gasteiger partial charge in [-0.1, -0.05) is 0 Å². The normalized spacial score (nSPS) is 30.8. The Balaban J connectivity index is 3.00. The van der Waals surface area contributed by atoms with Crippen molar-refractivity contribution < 1.29 is 24.8 Å². The predicted octanol–water partition coefficient (Wildman–Crippen LogP) is 1.71. The van der Waals surface area contributed by atoms with E-state index < -0.39 is 38.0 Å². The molecule has 5 heteroatoms. The number of hydrogen-bond acceptors (Lipinski definition) is 2. The lowest BCUT2D eigenvalue weighted by Gasteiger charge is -2.38. The molecule has 78 valence electrons. The summed E-state index contributed by atoms with van der Waals surface area (Å²) in [6.07, 6.45) is -5.83. The summed E-state index contributed by atoms with van der Waals surface area (Å²) in [5.41, 5.74) is -2.74. The molecule has 1 saturated heterocycles. The van der Waals surface area contributed by atoms with Crippen molar-refractivity contribution in [1.29, 1.82) is 0 Å². The zero-order chi connectivity index (χ0) is 14.2. The number of piperidine rings is 1. The third-order valence-corrected chi connectivity index (χ3v) is 2.17. The minimum atomic E-state index is -4.81. The highest BCUT2D eigenvalue weighted by atomic mass is 19.4. The Morgan fingerprint density at radius 3 is 2.62 bits per heavy atom. The van der Waals surface area contributed by atoms with Crippen LogP contribution in [0.3, 0.4) is 0 Å². The maximum atomic E-state index is 13.0. The molecule has 1 aliphatic rings. The van der Waals surface area contributed by atoms with Crippen LogP contribution in [0, 0.1) is 0 Å². The molecular formula is C8H14F3NO. The van der Waals surface area contributed by atoms with Gasteiger partial charge in [0.2, 0.25) is 0 Å². The third-order valence-electron chi connectivity index (χ3n) is 2.17. The molecule has 0 spiro atoms. The minimum absolute atomic E-state index is 0.00338. The van der Waals surface area contributed by atoms with Gasteiger partial charge in [0.15, 0.2) is 5.60 Å². The lowest BCUT2D eigenvalue weighted by atomic mass is 9.91. The second-order valence-electron chi connectivity index (χ2n) is 2.95. The summed E-state index contributed by atoms with van der Waals surface area (Å²) in [5, 5.41) is 2.69. The van der Waals surface area contributed by atoms with Crippen LogP contribution in [-0.2, 0) is 4.74 Å². The highest BCUT2D eigenvalue weighted by Gasteiger charge is 2.55. The standard InChI is InChI=1S/C8H14F3NO/c1-2-13-7(8(9,10)11)3-5-12-6-4-7/h12H,2-6H2,1H3/i1D3,2D2. The maximum absolute atomic E-state index is 13.0. The van der Waals surface area contributed by atoms with Gasteiger partial charge in [-0.2, -0.15) is 13.2 Å². The van der Waals surface area contributed by atoms with Crippen molar-refractivity contribution in [3.05, 3.63) is 0 Å². The quantitative estimate of drug-likeness (QED) is 0.736.